The van der Waals surface area contributed by atoms with Gasteiger partial charge in [0.2, 0.25) is 0 Å². The molecule has 146 valence electrons. The van der Waals surface area contributed by atoms with Gasteiger partial charge in [0.15, 0.2) is 5.78 Å². The number of morpholine rings is 1. The van der Waals surface area contributed by atoms with Crippen LogP contribution in [-0.4, -0.2) is 73.5 Å². The summed E-state index contributed by atoms with van der Waals surface area (Å²) in [7, 11) is 0. The van der Waals surface area contributed by atoms with Crippen LogP contribution in [0.25, 0.3) is 0 Å². The van der Waals surface area contributed by atoms with Crippen LogP contribution < -0.4 is 4.74 Å². The number of benzene rings is 1. The van der Waals surface area contributed by atoms with Gasteiger partial charge in [-0.15, -0.1) is 0 Å². The number of para-hydroxylation sites is 1. The van der Waals surface area contributed by atoms with Gasteiger partial charge in [-0.3, -0.25) is 14.7 Å². The Labute approximate surface area is 161 Å². The number of amidine groups is 1. The second-order valence-electron chi connectivity index (χ2n) is 7.85. The van der Waals surface area contributed by atoms with E-state index in [1.165, 1.54) is 0 Å². The fourth-order valence-corrected chi connectivity index (χ4v) is 4.24. The first-order valence-electron chi connectivity index (χ1n) is 10.0. The predicted molar refractivity (Wildman–Crippen MR) is 104 cm³/mol. The van der Waals surface area contributed by atoms with E-state index in [1.54, 1.807) is 0 Å². The molecule has 3 aliphatic rings. The van der Waals surface area contributed by atoms with E-state index < -0.39 is 0 Å². The minimum absolute atomic E-state index is 0.00696. The molecular formula is C21H29N3O3. The van der Waals surface area contributed by atoms with Gasteiger partial charge in [0.25, 0.3) is 0 Å². The largest absolute Gasteiger partial charge is 0.485 e. The number of carbonyl (C=O) groups is 1. The van der Waals surface area contributed by atoms with Gasteiger partial charge in [-0.2, -0.15) is 0 Å². The maximum absolute atomic E-state index is 13.0. The maximum atomic E-state index is 13.0. The molecule has 0 amide bonds. The summed E-state index contributed by atoms with van der Waals surface area (Å²) in [6, 6.07) is 7.84. The number of rotatable bonds is 4. The average molecular weight is 371 g/mol. The fourth-order valence-electron chi connectivity index (χ4n) is 4.24. The Morgan fingerprint density at radius 2 is 1.96 bits per heavy atom. The molecule has 1 aromatic rings. The quantitative estimate of drug-likeness (QED) is 0.812. The highest BCUT2D eigenvalue weighted by Crippen LogP contribution is 2.38. The maximum Gasteiger partial charge on any atom is 0.192 e. The third-order valence-corrected chi connectivity index (χ3v) is 5.70. The summed E-state index contributed by atoms with van der Waals surface area (Å²) in [4.78, 5) is 22.7. The van der Waals surface area contributed by atoms with Gasteiger partial charge in [0, 0.05) is 44.1 Å². The van der Waals surface area contributed by atoms with Gasteiger partial charge in [0.1, 0.15) is 18.2 Å². The third-order valence-electron chi connectivity index (χ3n) is 5.70. The topological polar surface area (TPSA) is 54.4 Å². The Morgan fingerprint density at radius 1 is 1.19 bits per heavy atom. The summed E-state index contributed by atoms with van der Waals surface area (Å²) >= 11 is 0. The van der Waals surface area contributed by atoms with Gasteiger partial charge in [-0.25, -0.2) is 0 Å². The Kier molecular flexibility index (Phi) is 5.45. The highest BCUT2D eigenvalue weighted by atomic mass is 16.5. The lowest BCUT2D eigenvalue weighted by molar-refractivity contribution is -0.126. The third kappa shape index (κ3) is 3.87. The number of hydrogen-bond acceptors (Lipinski definition) is 6. The van der Waals surface area contributed by atoms with Crippen molar-refractivity contribution in [3.05, 3.63) is 29.8 Å². The first kappa shape index (κ1) is 18.4. The smallest absolute Gasteiger partial charge is 0.192 e. The van der Waals surface area contributed by atoms with Crippen molar-refractivity contribution in [3.63, 3.8) is 0 Å². The number of Topliss-reactive ketones (excluding diaryl/α,β-unsaturated/α-hetero) is 1. The molecule has 0 N–H and O–H groups in total. The fraction of sp³-hybridized carbons (Fsp3) is 0.619. The van der Waals surface area contributed by atoms with Crippen LogP contribution in [0.5, 0.6) is 5.75 Å². The van der Waals surface area contributed by atoms with Crippen molar-refractivity contribution in [2.45, 2.75) is 32.4 Å². The van der Waals surface area contributed by atoms with Gasteiger partial charge < -0.3 is 14.4 Å². The predicted octanol–water partition coefficient (Wildman–Crippen LogP) is 2.15. The van der Waals surface area contributed by atoms with Crippen LogP contribution >= 0.6 is 0 Å². The zero-order valence-corrected chi connectivity index (χ0v) is 16.3. The Bertz CT molecular complexity index is 712. The molecule has 3 aliphatic heterocycles. The molecule has 1 fully saturated rings. The summed E-state index contributed by atoms with van der Waals surface area (Å²) in [6.45, 7) is 9.72. The minimum Gasteiger partial charge on any atom is -0.485 e. The van der Waals surface area contributed by atoms with Crippen molar-refractivity contribution < 1.29 is 14.3 Å². The van der Waals surface area contributed by atoms with E-state index in [2.05, 4.69) is 29.7 Å². The van der Waals surface area contributed by atoms with Crippen molar-refractivity contribution in [1.82, 2.24) is 9.80 Å². The molecule has 1 saturated heterocycles. The van der Waals surface area contributed by atoms with Gasteiger partial charge in [0.05, 0.1) is 25.3 Å². The molecule has 2 atom stereocenters. The monoisotopic (exact) mass is 371 g/mol. The van der Waals surface area contributed by atoms with E-state index in [9.17, 15) is 4.79 Å². The number of fused-ring (bicyclic) bond motifs is 4. The molecule has 0 aliphatic carbocycles. The van der Waals surface area contributed by atoms with Crippen molar-refractivity contribution in [3.8, 4) is 5.75 Å². The zero-order valence-electron chi connectivity index (χ0n) is 16.3. The lowest BCUT2D eigenvalue weighted by Crippen LogP contribution is -2.54. The van der Waals surface area contributed by atoms with Gasteiger partial charge in [-0.1, -0.05) is 32.0 Å². The Morgan fingerprint density at radius 3 is 2.74 bits per heavy atom. The van der Waals surface area contributed by atoms with Crippen molar-refractivity contribution in [2.24, 2.45) is 10.9 Å². The molecule has 6 heteroatoms. The number of aliphatic imine (C=N–C) groups is 1. The molecule has 0 aromatic heterocycles. The molecule has 0 spiro atoms. The Balaban J connectivity index is 1.62. The molecule has 2 bridgehead atoms. The lowest BCUT2D eigenvalue weighted by atomic mass is 9.91. The van der Waals surface area contributed by atoms with Crippen LogP contribution in [0, 0.1) is 5.92 Å². The van der Waals surface area contributed by atoms with Crippen LogP contribution in [0.3, 0.4) is 0 Å². The van der Waals surface area contributed by atoms with Crippen molar-refractivity contribution in [1.29, 1.82) is 0 Å². The molecule has 6 nitrogen and oxygen atoms in total. The van der Waals surface area contributed by atoms with E-state index in [1.807, 2.05) is 18.2 Å². The van der Waals surface area contributed by atoms with Crippen LogP contribution in [0.4, 0.5) is 0 Å². The first-order valence-corrected chi connectivity index (χ1v) is 10.0. The summed E-state index contributed by atoms with van der Waals surface area (Å²) in [6.07, 6.45) is 0.735. The van der Waals surface area contributed by atoms with Crippen LogP contribution in [-0.2, 0) is 9.53 Å². The number of hydrogen-bond donors (Lipinski definition) is 0. The number of nitrogens with zero attached hydrogens (tertiary/aromatic N) is 3. The zero-order chi connectivity index (χ0) is 18.8. The summed E-state index contributed by atoms with van der Waals surface area (Å²) in [5, 5.41) is 0. The van der Waals surface area contributed by atoms with Crippen LogP contribution in [0.2, 0.25) is 0 Å². The van der Waals surface area contributed by atoms with Crippen LogP contribution in [0.1, 0.15) is 31.9 Å². The normalized spacial score (nSPS) is 26.1. The SMILES string of the molecule is CC(C)C1=NC2CC(C(=O)COc3ccccc32)N1CCN1CCOCC1. The number of carbonyl (C=O) groups excluding carboxylic acids is 1. The summed E-state index contributed by atoms with van der Waals surface area (Å²) in [5.74, 6) is 2.28. The van der Waals surface area contributed by atoms with Gasteiger partial charge in [-0.05, 0) is 6.07 Å². The van der Waals surface area contributed by atoms with E-state index in [0.29, 0.717) is 0 Å². The molecule has 27 heavy (non-hydrogen) atoms. The second-order valence-corrected chi connectivity index (χ2v) is 7.85. The first-order chi connectivity index (χ1) is 13.1. The molecule has 0 saturated carbocycles. The highest BCUT2D eigenvalue weighted by Gasteiger charge is 2.39. The van der Waals surface area contributed by atoms with Crippen LogP contribution in [0.15, 0.2) is 29.3 Å². The average Bonchev–Trinajstić information content (AvgIpc) is 2.70. The van der Waals surface area contributed by atoms with Crippen molar-refractivity contribution >= 4 is 11.6 Å². The molecule has 4 rings (SSSR count). The second kappa shape index (κ2) is 7.98. The van der Waals surface area contributed by atoms with Gasteiger partial charge >= 0.3 is 0 Å². The lowest BCUT2D eigenvalue weighted by Gasteiger charge is -2.43. The molecule has 3 heterocycles. The molecule has 0 radical (unpaired) electrons. The number of ether oxygens (including phenoxy) is 2. The molecule has 1 aromatic carbocycles. The van der Waals surface area contributed by atoms with E-state index in [-0.39, 0.29) is 30.4 Å². The minimum atomic E-state index is -0.153. The molecular weight excluding hydrogens is 342 g/mol. The Hall–Kier alpha value is -1.92. The van der Waals surface area contributed by atoms with Crippen molar-refractivity contribution in [2.75, 3.05) is 46.0 Å². The molecule has 2 unspecified atom stereocenters. The van der Waals surface area contributed by atoms with E-state index in [4.69, 9.17) is 14.5 Å². The summed E-state index contributed by atoms with van der Waals surface area (Å²) in [5.41, 5.74) is 1.10. The highest BCUT2D eigenvalue weighted by molar-refractivity contribution is 5.94. The summed E-state index contributed by atoms with van der Waals surface area (Å²) < 4.78 is 11.3. The standard InChI is InChI=1S/C21H29N3O3/c1-15(2)21-22-17-13-18(24(21)8-7-23-9-11-26-12-10-23)19(25)14-27-20-6-4-3-5-16(17)20/h3-6,15,17-18H,7-14H2,1-2H3. The number of ketones is 1. The van der Waals surface area contributed by atoms with E-state index in [0.717, 1.165) is 63.0 Å². The van der Waals surface area contributed by atoms with E-state index >= 15 is 0 Å².